The fraction of sp³-hybridized carbons (Fsp3) is 0.583. The number of carboxylic acids is 1. The fourth-order valence-electron chi connectivity index (χ4n) is 2.33. The minimum absolute atomic E-state index is 0.0657. The van der Waals surface area contributed by atoms with E-state index in [0.29, 0.717) is 4.88 Å². The van der Waals surface area contributed by atoms with E-state index in [1.165, 1.54) is 22.4 Å². The van der Waals surface area contributed by atoms with Crippen LogP contribution in [0.15, 0.2) is 6.20 Å². The normalized spacial score (nSPS) is 15.8. The van der Waals surface area contributed by atoms with Gasteiger partial charge < -0.3 is 10.0 Å². The molecule has 1 N–H and O–H groups in total. The fourth-order valence-corrected chi connectivity index (χ4v) is 3.06. The molecule has 0 radical (unpaired) electrons. The van der Waals surface area contributed by atoms with E-state index in [1.54, 1.807) is 0 Å². The summed E-state index contributed by atoms with van der Waals surface area (Å²) in [6, 6.07) is 0.0657. The van der Waals surface area contributed by atoms with Crippen molar-refractivity contribution >= 4 is 23.2 Å². The average Bonchev–Trinajstić information content (AvgIpc) is 2.95. The van der Waals surface area contributed by atoms with Crippen molar-refractivity contribution in [1.82, 2.24) is 9.88 Å². The van der Waals surface area contributed by atoms with E-state index in [0.717, 1.165) is 30.7 Å². The molecule has 6 heteroatoms. The molecule has 1 amide bonds. The Bertz CT molecular complexity index is 452. The summed E-state index contributed by atoms with van der Waals surface area (Å²) >= 11 is 1.31. The first-order chi connectivity index (χ1) is 8.58. The molecular weight excluding hydrogens is 252 g/mol. The molecule has 1 fully saturated rings. The molecule has 0 saturated heterocycles. The highest BCUT2D eigenvalue weighted by Crippen LogP contribution is 2.26. The quantitative estimate of drug-likeness (QED) is 0.905. The first kappa shape index (κ1) is 13.0. The van der Waals surface area contributed by atoms with Crippen LogP contribution in [0, 0.1) is 6.92 Å². The molecule has 5 nitrogen and oxygen atoms in total. The van der Waals surface area contributed by atoms with Gasteiger partial charge >= 0.3 is 5.97 Å². The molecule has 0 unspecified atom stereocenters. The smallest absolute Gasteiger partial charge is 0.323 e. The van der Waals surface area contributed by atoms with Gasteiger partial charge in [0.2, 0.25) is 0 Å². The van der Waals surface area contributed by atoms with E-state index >= 15 is 0 Å². The third-order valence-electron chi connectivity index (χ3n) is 3.16. The molecule has 1 aromatic heterocycles. The van der Waals surface area contributed by atoms with Crippen LogP contribution in [0.5, 0.6) is 0 Å². The molecule has 2 rings (SSSR count). The Balaban J connectivity index is 2.17. The first-order valence-corrected chi connectivity index (χ1v) is 6.85. The molecule has 0 aliphatic heterocycles. The lowest BCUT2D eigenvalue weighted by Crippen LogP contribution is -2.42. The van der Waals surface area contributed by atoms with Crippen LogP contribution in [0.1, 0.15) is 40.4 Å². The van der Waals surface area contributed by atoms with Crippen LogP contribution in [0.25, 0.3) is 0 Å². The molecular formula is C12H16N2O3S. The number of hydrogen-bond donors (Lipinski definition) is 1. The van der Waals surface area contributed by atoms with Gasteiger partial charge in [-0.2, -0.15) is 0 Å². The van der Waals surface area contributed by atoms with Crippen LogP contribution < -0.4 is 0 Å². The highest BCUT2D eigenvalue weighted by molar-refractivity contribution is 7.13. The zero-order valence-corrected chi connectivity index (χ0v) is 11.1. The Morgan fingerprint density at radius 3 is 2.67 bits per heavy atom. The largest absolute Gasteiger partial charge is 0.480 e. The zero-order valence-electron chi connectivity index (χ0n) is 10.3. The Kier molecular flexibility index (Phi) is 3.96. The number of hydrogen-bond acceptors (Lipinski definition) is 4. The number of carbonyl (C=O) groups excluding carboxylic acids is 1. The van der Waals surface area contributed by atoms with E-state index in [1.807, 2.05) is 6.92 Å². The second-order valence-electron chi connectivity index (χ2n) is 4.51. The Morgan fingerprint density at radius 2 is 2.17 bits per heavy atom. The predicted octanol–water partition coefficient (Wildman–Crippen LogP) is 1.92. The SMILES string of the molecule is Cc1ncc(C(=O)N(CC(=O)O)C2CCCC2)s1. The van der Waals surface area contributed by atoms with Gasteiger partial charge in [0.1, 0.15) is 11.4 Å². The van der Waals surface area contributed by atoms with E-state index in [9.17, 15) is 9.59 Å². The van der Waals surface area contributed by atoms with E-state index < -0.39 is 5.97 Å². The lowest BCUT2D eigenvalue weighted by molar-refractivity contribution is -0.138. The molecule has 1 saturated carbocycles. The van der Waals surface area contributed by atoms with E-state index in [2.05, 4.69) is 4.98 Å². The Morgan fingerprint density at radius 1 is 1.50 bits per heavy atom. The van der Waals surface area contributed by atoms with Gasteiger partial charge in [0, 0.05) is 6.04 Å². The van der Waals surface area contributed by atoms with Gasteiger partial charge in [-0.1, -0.05) is 12.8 Å². The number of carboxylic acid groups (broad SMARTS) is 1. The van der Waals surface area contributed by atoms with Gasteiger partial charge in [0.05, 0.1) is 11.2 Å². The minimum Gasteiger partial charge on any atom is -0.480 e. The summed E-state index contributed by atoms with van der Waals surface area (Å²) in [5.74, 6) is -1.16. The number of nitrogens with zero attached hydrogens (tertiary/aromatic N) is 2. The van der Waals surface area contributed by atoms with Crippen molar-refractivity contribution in [2.45, 2.75) is 38.6 Å². The number of aromatic nitrogens is 1. The Hall–Kier alpha value is -1.43. The molecule has 98 valence electrons. The monoisotopic (exact) mass is 268 g/mol. The van der Waals surface area contributed by atoms with Crippen molar-refractivity contribution in [1.29, 1.82) is 0 Å². The van der Waals surface area contributed by atoms with Crippen LogP contribution in [-0.4, -0.2) is 39.5 Å². The Labute approximate surface area is 109 Å². The second kappa shape index (κ2) is 5.48. The van der Waals surface area contributed by atoms with Crippen molar-refractivity contribution in [3.63, 3.8) is 0 Å². The van der Waals surface area contributed by atoms with Crippen molar-refractivity contribution in [3.8, 4) is 0 Å². The summed E-state index contributed by atoms with van der Waals surface area (Å²) in [5.41, 5.74) is 0. The van der Waals surface area contributed by atoms with Crippen LogP contribution in [0.2, 0.25) is 0 Å². The van der Waals surface area contributed by atoms with Gasteiger partial charge in [-0.05, 0) is 19.8 Å². The summed E-state index contributed by atoms with van der Waals surface area (Å²) in [7, 11) is 0. The van der Waals surface area contributed by atoms with Crippen molar-refractivity contribution in [2.75, 3.05) is 6.54 Å². The van der Waals surface area contributed by atoms with Crippen LogP contribution in [0.3, 0.4) is 0 Å². The van der Waals surface area contributed by atoms with Crippen LogP contribution in [0.4, 0.5) is 0 Å². The standard InChI is InChI=1S/C12H16N2O3S/c1-8-13-6-10(18-8)12(17)14(7-11(15)16)9-4-2-3-5-9/h6,9H,2-5,7H2,1H3,(H,15,16). The molecule has 1 aromatic rings. The molecule has 18 heavy (non-hydrogen) atoms. The third kappa shape index (κ3) is 2.87. The average molecular weight is 268 g/mol. The third-order valence-corrected chi connectivity index (χ3v) is 4.06. The van der Waals surface area contributed by atoms with Crippen LogP contribution in [-0.2, 0) is 4.79 Å². The van der Waals surface area contributed by atoms with E-state index in [-0.39, 0.29) is 18.5 Å². The maximum absolute atomic E-state index is 12.3. The molecule has 1 heterocycles. The van der Waals surface area contributed by atoms with Crippen molar-refractivity contribution in [3.05, 3.63) is 16.1 Å². The van der Waals surface area contributed by atoms with Crippen LogP contribution >= 0.6 is 11.3 Å². The number of aliphatic carboxylic acids is 1. The van der Waals surface area contributed by atoms with Gasteiger partial charge in [-0.3, -0.25) is 9.59 Å². The second-order valence-corrected chi connectivity index (χ2v) is 5.74. The topological polar surface area (TPSA) is 70.5 Å². The predicted molar refractivity (Wildman–Crippen MR) is 67.8 cm³/mol. The first-order valence-electron chi connectivity index (χ1n) is 6.03. The molecule has 0 aromatic carbocycles. The summed E-state index contributed by atoms with van der Waals surface area (Å²) < 4.78 is 0. The number of amides is 1. The minimum atomic E-state index is -0.962. The number of thiazole rings is 1. The summed E-state index contributed by atoms with van der Waals surface area (Å²) in [5, 5.41) is 9.76. The highest BCUT2D eigenvalue weighted by Gasteiger charge is 2.29. The molecule has 0 spiro atoms. The number of rotatable bonds is 4. The lowest BCUT2D eigenvalue weighted by Gasteiger charge is -2.26. The highest BCUT2D eigenvalue weighted by atomic mass is 32.1. The maximum atomic E-state index is 12.3. The molecule has 1 aliphatic rings. The van der Waals surface area contributed by atoms with Crippen molar-refractivity contribution < 1.29 is 14.7 Å². The maximum Gasteiger partial charge on any atom is 0.323 e. The molecule has 1 aliphatic carbocycles. The number of carbonyl (C=O) groups is 2. The summed E-state index contributed by atoms with van der Waals surface area (Å²) in [6.07, 6.45) is 5.46. The van der Waals surface area contributed by atoms with E-state index in [4.69, 9.17) is 5.11 Å². The van der Waals surface area contributed by atoms with Gasteiger partial charge in [0.15, 0.2) is 0 Å². The molecule has 0 bridgehead atoms. The molecule has 0 atom stereocenters. The number of aryl methyl sites for hydroxylation is 1. The van der Waals surface area contributed by atoms with Crippen molar-refractivity contribution in [2.24, 2.45) is 0 Å². The van der Waals surface area contributed by atoms with Gasteiger partial charge in [-0.15, -0.1) is 11.3 Å². The lowest BCUT2D eigenvalue weighted by atomic mass is 10.2. The van der Waals surface area contributed by atoms with Gasteiger partial charge in [0.25, 0.3) is 5.91 Å². The zero-order chi connectivity index (χ0) is 13.1. The van der Waals surface area contributed by atoms with Gasteiger partial charge in [-0.25, -0.2) is 4.98 Å². The summed E-state index contributed by atoms with van der Waals surface area (Å²) in [6.45, 7) is 1.61. The summed E-state index contributed by atoms with van der Waals surface area (Å²) in [4.78, 5) is 29.3.